The first-order valence-corrected chi connectivity index (χ1v) is 2.71. The molecule has 4 N–H and O–H groups in total. The zero-order valence-electron chi connectivity index (χ0n) is 5.94. The second-order valence-corrected chi connectivity index (χ2v) is 1.25. The molecule has 0 aromatic rings. The summed E-state index contributed by atoms with van der Waals surface area (Å²) in [5.41, 5.74) is 0. The smallest absolute Gasteiger partial charge is 0.407 e. The Bertz CT molecular complexity index is 67.4. The number of nitrogens with one attached hydrogen (secondary N) is 1. The van der Waals surface area contributed by atoms with Crippen molar-refractivity contribution in [2.45, 2.75) is 13.8 Å². The third-order valence-electron chi connectivity index (χ3n) is 0.597. The van der Waals surface area contributed by atoms with Crippen molar-refractivity contribution in [1.29, 1.82) is 0 Å². The molecule has 0 saturated heterocycles. The van der Waals surface area contributed by atoms with Gasteiger partial charge in [0, 0.05) is 6.54 Å². The van der Waals surface area contributed by atoms with E-state index in [1.165, 1.54) is 0 Å². The monoisotopic (exact) mass is 134 g/mol. The van der Waals surface area contributed by atoms with Crippen LogP contribution in [-0.4, -0.2) is 19.2 Å². The summed E-state index contributed by atoms with van der Waals surface area (Å²) < 4.78 is 4.53. The van der Waals surface area contributed by atoms with Crippen LogP contribution in [0.5, 0.6) is 0 Å². The zero-order valence-corrected chi connectivity index (χ0v) is 5.94. The molecule has 0 radical (unpaired) electrons. The molecule has 1 amide bonds. The van der Waals surface area contributed by atoms with Crippen molar-refractivity contribution in [2.75, 3.05) is 13.2 Å². The maximum absolute atomic E-state index is 10.3. The van der Waals surface area contributed by atoms with Crippen LogP contribution in [0.3, 0.4) is 0 Å². The van der Waals surface area contributed by atoms with E-state index in [0.29, 0.717) is 13.2 Å². The summed E-state index contributed by atoms with van der Waals surface area (Å²) in [6, 6.07) is 0. The zero-order chi connectivity index (χ0) is 6.41. The quantitative estimate of drug-likeness (QED) is 0.589. The van der Waals surface area contributed by atoms with Crippen LogP contribution in [0.4, 0.5) is 4.79 Å². The third kappa shape index (κ3) is 7.23. The summed E-state index contributed by atoms with van der Waals surface area (Å²) in [6.45, 7) is 4.68. The van der Waals surface area contributed by atoms with E-state index in [9.17, 15) is 4.79 Å². The summed E-state index contributed by atoms with van der Waals surface area (Å²) in [5.74, 6) is 0. The first-order valence-electron chi connectivity index (χ1n) is 2.71. The number of carbonyl (C=O) groups excluding carboxylic acids is 1. The third-order valence-corrected chi connectivity index (χ3v) is 0.597. The summed E-state index contributed by atoms with van der Waals surface area (Å²) in [5, 5.41) is 2.49. The number of ether oxygens (including phenoxy) is 1. The lowest BCUT2D eigenvalue weighted by molar-refractivity contribution is 0.153. The van der Waals surface area contributed by atoms with Gasteiger partial charge in [0.2, 0.25) is 0 Å². The Morgan fingerprint density at radius 3 is 2.44 bits per heavy atom. The average Bonchev–Trinajstić information content (AvgIpc) is 1.68. The van der Waals surface area contributed by atoms with Crippen molar-refractivity contribution < 1.29 is 9.53 Å². The fourth-order valence-corrected chi connectivity index (χ4v) is 0.326. The molecule has 0 saturated carbocycles. The predicted octanol–water partition coefficient (Wildman–Crippen LogP) is 0.914. The van der Waals surface area contributed by atoms with Crippen LogP contribution in [0.25, 0.3) is 0 Å². The number of carbonyl (C=O) groups is 1. The highest BCUT2D eigenvalue weighted by molar-refractivity contribution is 5.66. The molecule has 0 fully saturated rings. The molecule has 4 heteroatoms. The maximum Gasteiger partial charge on any atom is 0.407 e. The molecule has 0 aliphatic rings. The number of amides is 1. The lowest BCUT2D eigenvalue weighted by Gasteiger charge is -1.99. The van der Waals surface area contributed by atoms with Gasteiger partial charge in [-0.2, -0.15) is 0 Å². The van der Waals surface area contributed by atoms with Gasteiger partial charge in [0.25, 0.3) is 0 Å². The summed E-state index contributed by atoms with van der Waals surface area (Å²) >= 11 is 0. The van der Waals surface area contributed by atoms with E-state index in [4.69, 9.17) is 0 Å². The Hall–Kier alpha value is -0.770. The fourth-order valence-electron chi connectivity index (χ4n) is 0.326. The fraction of sp³-hybridized carbons (Fsp3) is 0.800. The highest BCUT2D eigenvalue weighted by atomic mass is 16.5. The van der Waals surface area contributed by atoms with E-state index in [1.807, 2.05) is 6.92 Å². The van der Waals surface area contributed by atoms with Gasteiger partial charge in [-0.3, -0.25) is 0 Å². The number of alkyl carbamates (subject to hydrolysis) is 1. The summed E-state index contributed by atoms with van der Waals surface area (Å²) in [6.07, 6.45) is -0.338. The Morgan fingerprint density at radius 1 is 1.56 bits per heavy atom. The van der Waals surface area contributed by atoms with Gasteiger partial charge >= 0.3 is 6.09 Å². The van der Waals surface area contributed by atoms with Crippen molar-refractivity contribution in [1.82, 2.24) is 11.5 Å². The molecule has 0 rings (SSSR count). The molecular formula is C5H14N2O2. The molecule has 0 aromatic heterocycles. The Morgan fingerprint density at radius 2 is 2.11 bits per heavy atom. The van der Waals surface area contributed by atoms with Crippen LogP contribution in [-0.2, 0) is 4.74 Å². The number of hydrogen-bond acceptors (Lipinski definition) is 3. The van der Waals surface area contributed by atoms with Gasteiger partial charge in [0.05, 0.1) is 6.61 Å². The number of hydrogen-bond donors (Lipinski definition) is 2. The van der Waals surface area contributed by atoms with Crippen LogP contribution < -0.4 is 11.5 Å². The average molecular weight is 134 g/mol. The van der Waals surface area contributed by atoms with Gasteiger partial charge in [0.1, 0.15) is 0 Å². The highest BCUT2D eigenvalue weighted by Crippen LogP contribution is 1.72. The first kappa shape index (κ1) is 11.1. The van der Waals surface area contributed by atoms with Gasteiger partial charge in [-0.1, -0.05) is 0 Å². The lowest BCUT2D eigenvalue weighted by atomic mass is 10.7. The van der Waals surface area contributed by atoms with E-state index >= 15 is 0 Å². The summed E-state index contributed by atoms with van der Waals surface area (Å²) in [7, 11) is 0. The Balaban J connectivity index is 0. The molecule has 0 aliphatic carbocycles. The Labute approximate surface area is 55.2 Å². The predicted molar refractivity (Wildman–Crippen MR) is 35.7 cm³/mol. The summed E-state index contributed by atoms with van der Waals surface area (Å²) in [4.78, 5) is 10.3. The minimum atomic E-state index is -0.338. The normalized spacial score (nSPS) is 7.33. The van der Waals surface area contributed by atoms with Crippen LogP contribution in [0.15, 0.2) is 0 Å². The van der Waals surface area contributed by atoms with Crippen molar-refractivity contribution in [3.63, 3.8) is 0 Å². The van der Waals surface area contributed by atoms with Crippen LogP contribution >= 0.6 is 0 Å². The molecule has 0 aromatic carbocycles. The highest BCUT2D eigenvalue weighted by Gasteiger charge is 1.92. The van der Waals surface area contributed by atoms with Crippen molar-refractivity contribution in [3.05, 3.63) is 0 Å². The van der Waals surface area contributed by atoms with Crippen molar-refractivity contribution in [3.8, 4) is 0 Å². The molecule has 0 spiro atoms. The van der Waals surface area contributed by atoms with Gasteiger partial charge in [-0.25, -0.2) is 4.79 Å². The first-order chi connectivity index (χ1) is 3.81. The molecule has 4 nitrogen and oxygen atoms in total. The maximum atomic E-state index is 10.3. The van der Waals surface area contributed by atoms with E-state index in [0.717, 1.165) is 0 Å². The standard InChI is InChI=1S/C5H11NO2.H3N/c1-3-6-5(7)8-4-2;/h3-4H2,1-2H3,(H,6,7);1H3. The molecule has 0 aliphatic heterocycles. The largest absolute Gasteiger partial charge is 0.450 e. The number of rotatable bonds is 2. The van der Waals surface area contributed by atoms with E-state index in [-0.39, 0.29) is 12.2 Å². The topological polar surface area (TPSA) is 73.3 Å². The molecular weight excluding hydrogens is 120 g/mol. The van der Waals surface area contributed by atoms with E-state index < -0.39 is 0 Å². The molecule has 56 valence electrons. The second kappa shape index (κ2) is 7.23. The minimum absolute atomic E-state index is 0. The van der Waals surface area contributed by atoms with Gasteiger partial charge in [0.15, 0.2) is 0 Å². The minimum Gasteiger partial charge on any atom is -0.450 e. The van der Waals surface area contributed by atoms with E-state index in [1.54, 1.807) is 6.92 Å². The molecule has 0 heterocycles. The second-order valence-electron chi connectivity index (χ2n) is 1.25. The van der Waals surface area contributed by atoms with Gasteiger partial charge < -0.3 is 16.2 Å². The van der Waals surface area contributed by atoms with Gasteiger partial charge in [-0.15, -0.1) is 0 Å². The van der Waals surface area contributed by atoms with Crippen LogP contribution in [0.2, 0.25) is 0 Å². The molecule has 0 bridgehead atoms. The van der Waals surface area contributed by atoms with E-state index in [2.05, 4.69) is 10.1 Å². The van der Waals surface area contributed by atoms with Crippen LogP contribution in [0.1, 0.15) is 13.8 Å². The van der Waals surface area contributed by atoms with Crippen LogP contribution in [0, 0.1) is 0 Å². The molecule has 0 unspecified atom stereocenters. The Kier molecular flexibility index (Phi) is 8.90. The SMILES string of the molecule is CCNC(=O)OCC.N. The molecule has 9 heavy (non-hydrogen) atoms. The van der Waals surface area contributed by atoms with Gasteiger partial charge in [-0.05, 0) is 13.8 Å². The van der Waals surface area contributed by atoms with Crippen molar-refractivity contribution >= 4 is 6.09 Å². The lowest BCUT2D eigenvalue weighted by Crippen LogP contribution is -2.23. The molecule has 0 atom stereocenters. The van der Waals surface area contributed by atoms with Crippen molar-refractivity contribution in [2.24, 2.45) is 0 Å².